The van der Waals surface area contributed by atoms with Crippen molar-refractivity contribution in [3.05, 3.63) is 23.8 Å². The van der Waals surface area contributed by atoms with E-state index in [1.165, 1.54) is 0 Å². The Morgan fingerprint density at radius 3 is 2.90 bits per heavy atom. The number of hydrogen-bond acceptors (Lipinski definition) is 2. The Kier molecular flexibility index (Phi) is 8.07. The molecule has 1 nitrogen and oxygen atoms in total. The summed E-state index contributed by atoms with van der Waals surface area (Å²) in [5.41, 5.74) is 0. The highest BCUT2D eigenvalue weighted by molar-refractivity contribution is 8.02. The van der Waals surface area contributed by atoms with Gasteiger partial charge in [-0.1, -0.05) is 19.1 Å². The maximum Gasteiger partial charge on any atom is 0.0223 e. The minimum Gasteiger partial charge on any atom is -0.273 e. The molecule has 0 atom stereocenters. The van der Waals surface area contributed by atoms with Gasteiger partial charge in [0.25, 0.3) is 0 Å². The first-order valence-electron chi connectivity index (χ1n) is 3.29. The zero-order chi connectivity index (χ0) is 7.66. The first kappa shape index (κ1) is 9.50. The molecule has 0 amide bonds. The molecular weight excluding hydrogens is 142 g/mol. The average Bonchev–Trinajstić information content (AvgIpc) is 1.97. The summed E-state index contributed by atoms with van der Waals surface area (Å²) >= 11 is 1.81. The van der Waals surface area contributed by atoms with Crippen LogP contribution in [0.25, 0.3) is 0 Å². The minimum absolute atomic E-state index is 0.950. The van der Waals surface area contributed by atoms with E-state index in [0.717, 1.165) is 12.2 Å². The predicted molar refractivity (Wildman–Crippen MR) is 50.6 cm³/mol. The van der Waals surface area contributed by atoms with E-state index < -0.39 is 0 Å². The Morgan fingerprint density at radius 2 is 2.30 bits per heavy atom. The lowest BCUT2D eigenvalue weighted by Gasteiger charge is -1.82. The summed E-state index contributed by atoms with van der Waals surface area (Å²) in [5, 5.41) is 2.10. The molecule has 56 valence electrons. The van der Waals surface area contributed by atoms with E-state index in [-0.39, 0.29) is 0 Å². The lowest BCUT2D eigenvalue weighted by Crippen LogP contribution is -1.59. The van der Waals surface area contributed by atoms with Crippen LogP contribution in [0.1, 0.15) is 13.3 Å². The van der Waals surface area contributed by atoms with E-state index in [1.54, 1.807) is 18.0 Å². The number of rotatable bonds is 5. The fraction of sp³-hybridized carbons (Fsp3) is 0.375. The first-order chi connectivity index (χ1) is 4.91. The fourth-order valence-electron chi connectivity index (χ4n) is 0.434. The van der Waals surface area contributed by atoms with Crippen molar-refractivity contribution >= 4 is 18.5 Å². The lowest BCUT2D eigenvalue weighted by molar-refractivity contribution is 1.37. The van der Waals surface area contributed by atoms with Crippen LogP contribution in [0.4, 0.5) is 0 Å². The molecule has 0 aromatic rings. The largest absolute Gasteiger partial charge is 0.273 e. The third-order valence-electron chi connectivity index (χ3n) is 0.842. The Hall–Kier alpha value is -0.500. The quantitative estimate of drug-likeness (QED) is 0.556. The van der Waals surface area contributed by atoms with Crippen molar-refractivity contribution in [3.63, 3.8) is 0 Å². The SMILES string of the molecule is C=N/C=C\C/C=C\SCC. The Labute approximate surface area is 66.9 Å². The summed E-state index contributed by atoms with van der Waals surface area (Å²) in [4.78, 5) is 3.58. The van der Waals surface area contributed by atoms with Gasteiger partial charge >= 0.3 is 0 Å². The Morgan fingerprint density at radius 1 is 1.50 bits per heavy atom. The van der Waals surface area contributed by atoms with Crippen molar-refractivity contribution in [2.24, 2.45) is 4.99 Å². The van der Waals surface area contributed by atoms with Crippen molar-refractivity contribution in [1.82, 2.24) is 0 Å². The van der Waals surface area contributed by atoms with E-state index in [4.69, 9.17) is 0 Å². The van der Waals surface area contributed by atoms with Gasteiger partial charge in [0.2, 0.25) is 0 Å². The van der Waals surface area contributed by atoms with Gasteiger partial charge in [-0.25, -0.2) is 0 Å². The van der Waals surface area contributed by atoms with E-state index >= 15 is 0 Å². The van der Waals surface area contributed by atoms with Crippen LogP contribution in [0.2, 0.25) is 0 Å². The monoisotopic (exact) mass is 155 g/mol. The van der Waals surface area contributed by atoms with Gasteiger partial charge in [-0.2, -0.15) is 0 Å². The van der Waals surface area contributed by atoms with Crippen LogP contribution in [-0.4, -0.2) is 12.5 Å². The summed E-state index contributed by atoms with van der Waals surface area (Å²) in [6, 6.07) is 0. The van der Waals surface area contributed by atoms with Gasteiger partial charge in [0.05, 0.1) is 0 Å². The topological polar surface area (TPSA) is 12.4 Å². The Balaban J connectivity index is 3.17. The summed E-state index contributed by atoms with van der Waals surface area (Å²) in [6.45, 7) is 5.46. The van der Waals surface area contributed by atoms with Crippen LogP contribution in [0, 0.1) is 0 Å². The molecule has 0 bridgehead atoms. The highest BCUT2D eigenvalue weighted by Crippen LogP contribution is 2.00. The van der Waals surface area contributed by atoms with Gasteiger partial charge in [0, 0.05) is 6.20 Å². The van der Waals surface area contributed by atoms with E-state index in [1.807, 2.05) is 6.08 Å². The zero-order valence-corrected chi connectivity index (χ0v) is 7.10. The third kappa shape index (κ3) is 7.50. The number of nitrogens with zero attached hydrogens (tertiary/aromatic N) is 1. The van der Waals surface area contributed by atoms with Crippen molar-refractivity contribution in [1.29, 1.82) is 0 Å². The van der Waals surface area contributed by atoms with Crippen LogP contribution in [0.5, 0.6) is 0 Å². The molecule has 0 unspecified atom stereocenters. The zero-order valence-electron chi connectivity index (χ0n) is 6.29. The highest BCUT2D eigenvalue weighted by atomic mass is 32.2. The van der Waals surface area contributed by atoms with E-state index in [9.17, 15) is 0 Å². The number of allylic oxidation sites excluding steroid dienone is 2. The number of hydrogen-bond donors (Lipinski definition) is 0. The molecule has 0 aliphatic heterocycles. The Bertz CT molecular complexity index is 127. The maximum absolute atomic E-state index is 3.58. The fourth-order valence-corrected chi connectivity index (χ4v) is 0.873. The van der Waals surface area contributed by atoms with Gasteiger partial charge in [0.1, 0.15) is 0 Å². The second-order valence-electron chi connectivity index (χ2n) is 1.63. The number of thioether (sulfide) groups is 1. The lowest BCUT2D eigenvalue weighted by atomic mass is 10.4. The van der Waals surface area contributed by atoms with Gasteiger partial charge < -0.3 is 0 Å². The maximum atomic E-state index is 3.58. The van der Waals surface area contributed by atoms with Crippen LogP contribution >= 0.6 is 11.8 Å². The summed E-state index contributed by atoms with van der Waals surface area (Å²) in [7, 11) is 0. The normalized spacial score (nSPS) is 11.3. The molecule has 0 heterocycles. The van der Waals surface area contributed by atoms with Gasteiger partial charge in [-0.15, -0.1) is 11.8 Å². The summed E-state index contributed by atoms with van der Waals surface area (Å²) in [6.07, 6.45) is 6.74. The van der Waals surface area contributed by atoms with Gasteiger partial charge in [-0.3, -0.25) is 4.99 Å². The second-order valence-corrected chi connectivity index (χ2v) is 2.81. The average molecular weight is 155 g/mol. The van der Waals surface area contributed by atoms with Crippen molar-refractivity contribution in [2.75, 3.05) is 5.75 Å². The number of aliphatic imine (C=N–C) groups is 1. The highest BCUT2D eigenvalue weighted by Gasteiger charge is 1.71. The van der Waals surface area contributed by atoms with Crippen LogP contribution in [0.15, 0.2) is 28.8 Å². The predicted octanol–water partition coefficient (Wildman–Crippen LogP) is 2.86. The molecule has 0 rings (SSSR count). The molecule has 2 heteroatoms. The molecule has 0 saturated carbocycles. The molecule has 0 aliphatic carbocycles. The summed E-state index contributed by atoms with van der Waals surface area (Å²) in [5.74, 6) is 1.14. The molecule has 0 aliphatic rings. The van der Waals surface area contributed by atoms with Crippen molar-refractivity contribution in [3.8, 4) is 0 Å². The molecule has 0 radical (unpaired) electrons. The molecule has 0 fully saturated rings. The first-order valence-corrected chi connectivity index (χ1v) is 4.34. The smallest absolute Gasteiger partial charge is 0.0223 e. The van der Waals surface area contributed by atoms with Crippen LogP contribution < -0.4 is 0 Å². The molecular formula is C8H13NS. The minimum atomic E-state index is 0.950. The molecule has 0 saturated heterocycles. The van der Waals surface area contributed by atoms with E-state index in [0.29, 0.717) is 0 Å². The van der Waals surface area contributed by atoms with Crippen LogP contribution in [0.3, 0.4) is 0 Å². The van der Waals surface area contributed by atoms with E-state index in [2.05, 4.69) is 30.1 Å². The molecule has 0 aromatic carbocycles. The molecule has 0 N–H and O–H groups in total. The van der Waals surface area contributed by atoms with Crippen LogP contribution in [-0.2, 0) is 0 Å². The standard InChI is InChI=1S/C8H13NS/c1-3-10-8-6-4-5-7-9-2/h5-8H,2-4H2,1H3/b7-5-,8-6-. The molecule has 10 heavy (non-hydrogen) atoms. The summed E-state index contributed by atoms with van der Waals surface area (Å²) < 4.78 is 0. The molecule has 0 spiro atoms. The molecule has 0 aromatic heterocycles. The van der Waals surface area contributed by atoms with Crippen molar-refractivity contribution in [2.45, 2.75) is 13.3 Å². The second kappa shape index (κ2) is 8.50. The van der Waals surface area contributed by atoms with Gasteiger partial charge in [-0.05, 0) is 24.3 Å². The van der Waals surface area contributed by atoms with Crippen molar-refractivity contribution < 1.29 is 0 Å². The van der Waals surface area contributed by atoms with Gasteiger partial charge in [0.15, 0.2) is 0 Å². The third-order valence-corrected chi connectivity index (χ3v) is 1.56.